The Balaban J connectivity index is 1.44. The second-order valence-corrected chi connectivity index (χ2v) is 14.4. The van der Waals surface area contributed by atoms with E-state index < -0.39 is 19.7 Å². The summed E-state index contributed by atoms with van der Waals surface area (Å²) in [6, 6.07) is 23.6. The molecular weight excluding hydrogens is 516 g/mol. The van der Waals surface area contributed by atoms with Gasteiger partial charge in [0.15, 0.2) is 19.7 Å². The van der Waals surface area contributed by atoms with Crippen LogP contribution in [0.4, 0.5) is 0 Å². The van der Waals surface area contributed by atoms with E-state index in [1.165, 1.54) is 5.56 Å². The zero-order chi connectivity index (χ0) is 26.8. The van der Waals surface area contributed by atoms with Gasteiger partial charge in [0.2, 0.25) is 0 Å². The van der Waals surface area contributed by atoms with E-state index in [0.717, 1.165) is 35.9 Å². The van der Waals surface area contributed by atoms with E-state index in [9.17, 15) is 16.8 Å². The predicted octanol–water partition coefficient (Wildman–Crippen LogP) is 4.99. The zero-order valence-corrected chi connectivity index (χ0v) is 23.2. The number of hydrogen-bond acceptors (Lipinski definition) is 5. The highest BCUT2D eigenvalue weighted by molar-refractivity contribution is 7.91. The van der Waals surface area contributed by atoms with Crippen LogP contribution in [0.1, 0.15) is 36.8 Å². The number of aromatic nitrogens is 1. The third-order valence-corrected chi connectivity index (χ3v) is 11.1. The van der Waals surface area contributed by atoms with Crippen LogP contribution in [0.25, 0.3) is 10.9 Å². The van der Waals surface area contributed by atoms with Gasteiger partial charge in [0.05, 0.1) is 21.3 Å². The molecule has 1 aromatic heterocycles. The molecule has 38 heavy (non-hydrogen) atoms. The van der Waals surface area contributed by atoms with Crippen molar-refractivity contribution in [3.05, 3.63) is 96.2 Å². The molecule has 1 aliphatic rings. The van der Waals surface area contributed by atoms with Crippen LogP contribution in [0.2, 0.25) is 0 Å². The number of aryl methyl sites for hydroxylation is 2. The first-order valence-corrected chi connectivity index (χ1v) is 16.5. The van der Waals surface area contributed by atoms with Crippen molar-refractivity contribution < 1.29 is 16.8 Å². The lowest BCUT2D eigenvalue weighted by atomic mass is 9.91. The SMILES string of the molecule is CC(c1cn(CCS(=O)(=O)c2ccccc2)c2ccc(CCS(=O)(=O)c3ccccc3)cc12)C1CCCN1. The minimum Gasteiger partial charge on any atom is -0.346 e. The van der Waals surface area contributed by atoms with Gasteiger partial charge >= 0.3 is 0 Å². The molecule has 2 heterocycles. The molecule has 0 aliphatic carbocycles. The number of rotatable bonds is 10. The Morgan fingerprint density at radius 2 is 1.50 bits per heavy atom. The number of sulfone groups is 2. The van der Waals surface area contributed by atoms with Crippen molar-refractivity contribution in [2.45, 2.75) is 54.5 Å². The molecule has 0 saturated carbocycles. The molecule has 0 spiro atoms. The molecule has 8 heteroatoms. The zero-order valence-electron chi connectivity index (χ0n) is 21.6. The quantitative estimate of drug-likeness (QED) is 0.301. The molecule has 6 nitrogen and oxygen atoms in total. The summed E-state index contributed by atoms with van der Waals surface area (Å²) in [6.45, 7) is 3.57. The van der Waals surface area contributed by atoms with Gasteiger partial charge in [-0.05, 0) is 79.3 Å². The van der Waals surface area contributed by atoms with Gasteiger partial charge in [-0.15, -0.1) is 0 Å². The van der Waals surface area contributed by atoms with Gasteiger partial charge in [0, 0.05) is 29.7 Å². The van der Waals surface area contributed by atoms with Crippen LogP contribution in [0, 0.1) is 0 Å². The summed E-state index contributed by atoms with van der Waals surface area (Å²) in [6.07, 6.45) is 4.76. The minimum atomic E-state index is -3.41. The number of benzene rings is 3. The summed E-state index contributed by atoms with van der Waals surface area (Å²) < 4.78 is 53.7. The Bertz CT molecular complexity index is 1610. The molecule has 1 aliphatic heterocycles. The fourth-order valence-corrected chi connectivity index (χ4v) is 7.95. The van der Waals surface area contributed by atoms with Crippen molar-refractivity contribution in [2.75, 3.05) is 18.1 Å². The molecule has 5 rings (SSSR count). The van der Waals surface area contributed by atoms with Gasteiger partial charge < -0.3 is 9.88 Å². The van der Waals surface area contributed by atoms with Gasteiger partial charge in [-0.3, -0.25) is 0 Å². The standard InChI is InChI=1S/C30H34N2O4S2/c1-23(29-13-8-17-31-29)28-22-32(18-20-38(35,36)26-11-6-3-7-12-26)30-15-14-24(21-27(28)30)16-19-37(33,34)25-9-4-2-5-10-25/h2-7,9-12,14-15,21-23,29,31H,8,13,16-20H2,1H3. The first-order valence-electron chi connectivity index (χ1n) is 13.2. The van der Waals surface area contributed by atoms with Crippen LogP contribution in [0.15, 0.2) is 94.9 Å². The Labute approximate surface area is 225 Å². The predicted molar refractivity (Wildman–Crippen MR) is 152 cm³/mol. The van der Waals surface area contributed by atoms with E-state index >= 15 is 0 Å². The van der Waals surface area contributed by atoms with E-state index in [2.05, 4.69) is 24.5 Å². The summed E-state index contributed by atoms with van der Waals surface area (Å²) in [5, 5.41) is 4.67. The smallest absolute Gasteiger partial charge is 0.180 e. The van der Waals surface area contributed by atoms with Crippen LogP contribution in [0.5, 0.6) is 0 Å². The third kappa shape index (κ3) is 5.72. The van der Waals surface area contributed by atoms with Crippen LogP contribution in [-0.2, 0) is 32.6 Å². The Kier molecular flexibility index (Phi) is 7.75. The van der Waals surface area contributed by atoms with Gasteiger partial charge in [-0.25, -0.2) is 16.8 Å². The van der Waals surface area contributed by atoms with E-state index in [1.54, 1.807) is 48.5 Å². The van der Waals surface area contributed by atoms with Gasteiger partial charge in [0.25, 0.3) is 0 Å². The molecule has 0 amide bonds. The molecule has 200 valence electrons. The number of nitrogens with one attached hydrogen (secondary N) is 1. The number of hydrogen-bond donors (Lipinski definition) is 1. The summed E-state index contributed by atoms with van der Waals surface area (Å²) in [5.41, 5.74) is 3.10. The fraction of sp³-hybridized carbons (Fsp3) is 0.333. The largest absolute Gasteiger partial charge is 0.346 e. The summed E-state index contributed by atoms with van der Waals surface area (Å²) in [7, 11) is -6.79. The normalized spacial score (nSPS) is 17.1. The average Bonchev–Trinajstić information content (AvgIpc) is 3.60. The summed E-state index contributed by atoms with van der Waals surface area (Å²) >= 11 is 0. The molecule has 0 radical (unpaired) electrons. The van der Waals surface area contributed by atoms with Crippen molar-refractivity contribution >= 4 is 30.6 Å². The lowest BCUT2D eigenvalue weighted by molar-refractivity contribution is 0.518. The molecule has 1 N–H and O–H groups in total. The van der Waals surface area contributed by atoms with Crippen LogP contribution < -0.4 is 5.32 Å². The van der Waals surface area contributed by atoms with Crippen molar-refractivity contribution in [3.8, 4) is 0 Å². The van der Waals surface area contributed by atoms with E-state index in [0.29, 0.717) is 28.8 Å². The molecule has 3 aromatic carbocycles. The second kappa shape index (κ2) is 11.0. The molecule has 1 saturated heterocycles. The van der Waals surface area contributed by atoms with Gasteiger partial charge in [0.1, 0.15) is 0 Å². The van der Waals surface area contributed by atoms with Crippen LogP contribution in [-0.4, -0.2) is 45.5 Å². The fourth-order valence-electron chi connectivity index (χ4n) is 5.39. The molecule has 2 atom stereocenters. The van der Waals surface area contributed by atoms with Crippen LogP contribution in [0.3, 0.4) is 0 Å². The molecule has 2 unspecified atom stereocenters. The lowest BCUT2D eigenvalue weighted by Crippen LogP contribution is -2.27. The minimum absolute atomic E-state index is 0.00731. The van der Waals surface area contributed by atoms with E-state index in [4.69, 9.17) is 0 Å². The van der Waals surface area contributed by atoms with E-state index in [-0.39, 0.29) is 17.4 Å². The van der Waals surface area contributed by atoms with Crippen molar-refractivity contribution in [1.29, 1.82) is 0 Å². The Hall–Kier alpha value is -2.94. The van der Waals surface area contributed by atoms with Gasteiger partial charge in [-0.1, -0.05) is 49.4 Å². The monoisotopic (exact) mass is 550 g/mol. The average molecular weight is 551 g/mol. The maximum Gasteiger partial charge on any atom is 0.180 e. The highest BCUT2D eigenvalue weighted by atomic mass is 32.2. The summed E-state index contributed by atoms with van der Waals surface area (Å²) in [5.74, 6) is 0.288. The van der Waals surface area contributed by atoms with Gasteiger partial charge in [-0.2, -0.15) is 0 Å². The Morgan fingerprint density at radius 1 is 0.868 bits per heavy atom. The summed E-state index contributed by atoms with van der Waals surface area (Å²) in [4.78, 5) is 0.676. The second-order valence-electron chi connectivity index (χ2n) is 10.1. The highest BCUT2D eigenvalue weighted by Gasteiger charge is 2.26. The third-order valence-electron chi connectivity index (χ3n) is 7.63. The van der Waals surface area contributed by atoms with Crippen molar-refractivity contribution in [2.24, 2.45) is 0 Å². The number of nitrogens with zero attached hydrogens (tertiary/aromatic N) is 1. The topological polar surface area (TPSA) is 85.2 Å². The molecular formula is C30H34N2O4S2. The number of fused-ring (bicyclic) bond motifs is 1. The molecule has 1 fully saturated rings. The van der Waals surface area contributed by atoms with Crippen molar-refractivity contribution in [1.82, 2.24) is 9.88 Å². The molecule has 4 aromatic rings. The first-order chi connectivity index (χ1) is 18.2. The maximum absolute atomic E-state index is 13.0. The van der Waals surface area contributed by atoms with E-state index in [1.807, 2.05) is 28.8 Å². The van der Waals surface area contributed by atoms with Crippen molar-refractivity contribution in [3.63, 3.8) is 0 Å². The molecule has 0 bridgehead atoms. The van der Waals surface area contributed by atoms with Crippen LogP contribution >= 0.6 is 0 Å². The lowest BCUT2D eigenvalue weighted by Gasteiger charge is -2.19. The highest BCUT2D eigenvalue weighted by Crippen LogP contribution is 2.33. The Morgan fingerprint density at radius 3 is 2.11 bits per heavy atom. The first kappa shape index (κ1) is 26.7. The maximum atomic E-state index is 13.0.